The molecule has 1 aromatic carbocycles. The second-order valence-corrected chi connectivity index (χ2v) is 9.56. The SMILES string of the molecule is COc1cc(C#Cc2nn(C3CCN(C(=O)OC(C)(C)C)C3)c3c(C)cnc(N)c23)cc(OC)c1. The number of hydrogen-bond acceptors (Lipinski definition) is 7. The normalized spacial score (nSPS) is 15.6. The number of aromatic nitrogens is 3. The van der Waals surface area contributed by atoms with Crippen molar-refractivity contribution >= 4 is 22.8 Å². The number of pyridine rings is 1. The number of rotatable bonds is 3. The highest BCUT2D eigenvalue weighted by molar-refractivity contribution is 5.95. The minimum Gasteiger partial charge on any atom is -0.497 e. The molecular weight excluding hydrogens is 446 g/mol. The van der Waals surface area contributed by atoms with Crippen molar-refractivity contribution in [1.82, 2.24) is 19.7 Å². The van der Waals surface area contributed by atoms with Gasteiger partial charge in [0.25, 0.3) is 0 Å². The highest BCUT2D eigenvalue weighted by Gasteiger charge is 2.32. The van der Waals surface area contributed by atoms with E-state index in [1.165, 1.54) is 0 Å². The Morgan fingerprint density at radius 1 is 1.14 bits per heavy atom. The highest BCUT2D eigenvalue weighted by atomic mass is 16.6. The van der Waals surface area contributed by atoms with Crippen molar-refractivity contribution in [3.05, 3.63) is 41.2 Å². The van der Waals surface area contributed by atoms with Crippen LogP contribution in [0.2, 0.25) is 0 Å². The minimum atomic E-state index is -0.546. The number of anilines is 1. The molecule has 35 heavy (non-hydrogen) atoms. The summed E-state index contributed by atoms with van der Waals surface area (Å²) in [6, 6.07) is 5.42. The van der Waals surface area contributed by atoms with E-state index in [1.807, 2.05) is 44.5 Å². The van der Waals surface area contributed by atoms with Crippen molar-refractivity contribution in [1.29, 1.82) is 0 Å². The number of fused-ring (bicyclic) bond motifs is 1. The van der Waals surface area contributed by atoms with Crippen LogP contribution in [0.5, 0.6) is 11.5 Å². The summed E-state index contributed by atoms with van der Waals surface area (Å²) in [5.41, 5.74) is 8.81. The maximum absolute atomic E-state index is 12.6. The molecular formula is C26H31N5O4. The molecule has 2 aromatic heterocycles. The molecule has 1 saturated heterocycles. The number of ether oxygens (including phenoxy) is 3. The second kappa shape index (κ2) is 9.37. The van der Waals surface area contributed by atoms with E-state index in [0.717, 1.165) is 23.1 Å². The average Bonchev–Trinajstić information content (AvgIpc) is 3.44. The molecule has 4 rings (SSSR count). The van der Waals surface area contributed by atoms with Gasteiger partial charge in [0.15, 0.2) is 0 Å². The average molecular weight is 478 g/mol. The number of benzene rings is 1. The van der Waals surface area contributed by atoms with Crippen LogP contribution < -0.4 is 15.2 Å². The monoisotopic (exact) mass is 477 g/mol. The van der Waals surface area contributed by atoms with E-state index >= 15 is 0 Å². The first kappa shape index (κ1) is 24.2. The van der Waals surface area contributed by atoms with Crippen LogP contribution in [0.15, 0.2) is 24.4 Å². The molecule has 1 unspecified atom stereocenters. The van der Waals surface area contributed by atoms with Gasteiger partial charge in [-0.1, -0.05) is 5.92 Å². The third-order valence-corrected chi connectivity index (χ3v) is 5.78. The number of aryl methyl sites for hydroxylation is 1. The number of hydrogen-bond donors (Lipinski definition) is 1. The summed E-state index contributed by atoms with van der Waals surface area (Å²) in [5, 5.41) is 5.55. The Labute approximate surface area is 205 Å². The fourth-order valence-electron chi connectivity index (χ4n) is 4.14. The Balaban J connectivity index is 1.72. The zero-order valence-electron chi connectivity index (χ0n) is 21.0. The van der Waals surface area contributed by atoms with Crippen LogP contribution in [0.4, 0.5) is 10.6 Å². The summed E-state index contributed by atoms with van der Waals surface area (Å²) < 4.78 is 18.2. The molecule has 1 atom stereocenters. The summed E-state index contributed by atoms with van der Waals surface area (Å²) in [4.78, 5) is 18.6. The third kappa shape index (κ3) is 5.11. The van der Waals surface area contributed by atoms with Gasteiger partial charge in [0.05, 0.1) is 31.2 Å². The van der Waals surface area contributed by atoms with E-state index in [1.54, 1.807) is 31.4 Å². The van der Waals surface area contributed by atoms with Gasteiger partial charge in [-0.2, -0.15) is 5.10 Å². The maximum Gasteiger partial charge on any atom is 0.410 e. The Morgan fingerprint density at radius 2 is 1.83 bits per heavy atom. The Kier molecular flexibility index (Phi) is 6.48. The first-order valence-corrected chi connectivity index (χ1v) is 11.5. The smallest absolute Gasteiger partial charge is 0.410 e. The molecule has 0 saturated carbocycles. The number of carbonyl (C=O) groups excluding carboxylic acids is 1. The number of amides is 1. The quantitative estimate of drug-likeness (QED) is 0.570. The second-order valence-electron chi connectivity index (χ2n) is 9.56. The van der Waals surface area contributed by atoms with Crippen molar-refractivity contribution in [2.45, 2.75) is 45.8 Å². The van der Waals surface area contributed by atoms with Gasteiger partial charge in [-0.3, -0.25) is 4.68 Å². The summed E-state index contributed by atoms with van der Waals surface area (Å²) in [7, 11) is 3.19. The first-order valence-electron chi connectivity index (χ1n) is 11.5. The molecule has 3 heterocycles. The lowest BCUT2D eigenvalue weighted by atomic mass is 10.1. The molecule has 2 N–H and O–H groups in total. The lowest BCUT2D eigenvalue weighted by Gasteiger charge is -2.24. The van der Waals surface area contributed by atoms with Gasteiger partial charge in [-0.15, -0.1) is 0 Å². The van der Waals surface area contributed by atoms with E-state index in [9.17, 15) is 4.79 Å². The van der Waals surface area contributed by atoms with Crippen molar-refractivity contribution < 1.29 is 19.0 Å². The first-order chi connectivity index (χ1) is 16.6. The molecule has 0 spiro atoms. The Bertz CT molecular complexity index is 1310. The highest BCUT2D eigenvalue weighted by Crippen LogP contribution is 2.32. The van der Waals surface area contributed by atoms with Crippen LogP contribution in [0.25, 0.3) is 10.9 Å². The summed E-state index contributed by atoms with van der Waals surface area (Å²) in [5.74, 6) is 7.98. The predicted molar refractivity (Wildman–Crippen MR) is 134 cm³/mol. The van der Waals surface area contributed by atoms with Crippen LogP contribution in [-0.2, 0) is 4.74 Å². The molecule has 1 aliphatic heterocycles. The fourth-order valence-corrected chi connectivity index (χ4v) is 4.14. The van der Waals surface area contributed by atoms with Crippen LogP contribution in [-0.4, -0.2) is 58.7 Å². The maximum atomic E-state index is 12.6. The zero-order chi connectivity index (χ0) is 25.3. The molecule has 0 bridgehead atoms. The Morgan fingerprint density at radius 3 is 2.46 bits per heavy atom. The van der Waals surface area contributed by atoms with Gasteiger partial charge in [0, 0.05) is 30.9 Å². The molecule has 184 valence electrons. The van der Waals surface area contributed by atoms with Crippen LogP contribution >= 0.6 is 0 Å². The van der Waals surface area contributed by atoms with E-state index in [0.29, 0.717) is 41.5 Å². The minimum absolute atomic E-state index is 0.0296. The van der Waals surface area contributed by atoms with Gasteiger partial charge >= 0.3 is 6.09 Å². The number of nitrogens with zero attached hydrogens (tertiary/aromatic N) is 4. The number of nitrogens with two attached hydrogens (primary N) is 1. The van der Waals surface area contributed by atoms with E-state index in [-0.39, 0.29) is 12.1 Å². The summed E-state index contributed by atoms with van der Waals surface area (Å²) >= 11 is 0. The molecule has 1 amide bonds. The third-order valence-electron chi connectivity index (χ3n) is 5.78. The summed E-state index contributed by atoms with van der Waals surface area (Å²) in [6.07, 6.45) is 2.17. The largest absolute Gasteiger partial charge is 0.497 e. The van der Waals surface area contributed by atoms with Crippen LogP contribution in [0, 0.1) is 18.8 Å². The lowest BCUT2D eigenvalue weighted by Crippen LogP contribution is -2.35. The fraction of sp³-hybridized carbons (Fsp3) is 0.423. The number of methoxy groups -OCH3 is 2. The standard InChI is InChI=1S/C26H31N5O4/c1-16-14-28-24(27)22-21(8-7-17-11-19(33-5)13-20(12-17)34-6)29-31(23(16)22)18-9-10-30(15-18)25(32)35-26(2,3)4/h11-14,18H,9-10,15H2,1-6H3,(H2,27,28). The molecule has 0 radical (unpaired) electrons. The van der Waals surface area contributed by atoms with Gasteiger partial charge < -0.3 is 24.8 Å². The topological polar surface area (TPSA) is 105 Å². The predicted octanol–water partition coefficient (Wildman–Crippen LogP) is 3.92. The van der Waals surface area contributed by atoms with E-state index in [4.69, 9.17) is 25.0 Å². The number of likely N-dealkylation sites (tertiary alicyclic amines) is 1. The van der Waals surface area contributed by atoms with E-state index in [2.05, 4.69) is 16.8 Å². The number of nitrogen functional groups attached to an aromatic ring is 1. The van der Waals surface area contributed by atoms with Crippen molar-refractivity contribution in [2.24, 2.45) is 0 Å². The Hall–Kier alpha value is -3.93. The van der Waals surface area contributed by atoms with Crippen molar-refractivity contribution in [3.8, 4) is 23.3 Å². The van der Waals surface area contributed by atoms with Crippen LogP contribution in [0.1, 0.15) is 50.1 Å². The van der Waals surface area contributed by atoms with Crippen molar-refractivity contribution in [3.63, 3.8) is 0 Å². The van der Waals surface area contributed by atoms with Crippen LogP contribution in [0.3, 0.4) is 0 Å². The summed E-state index contributed by atoms with van der Waals surface area (Å²) in [6.45, 7) is 8.64. The van der Waals surface area contributed by atoms with Crippen molar-refractivity contribution in [2.75, 3.05) is 33.0 Å². The molecule has 1 fully saturated rings. The van der Waals surface area contributed by atoms with Gasteiger partial charge in [0.1, 0.15) is 28.6 Å². The lowest BCUT2D eigenvalue weighted by molar-refractivity contribution is 0.0288. The van der Waals surface area contributed by atoms with Gasteiger partial charge in [0.2, 0.25) is 0 Å². The van der Waals surface area contributed by atoms with Gasteiger partial charge in [-0.05, 0) is 57.7 Å². The van der Waals surface area contributed by atoms with Gasteiger partial charge in [-0.25, -0.2) is 9.78 Å². The molecule has 3 aromatic rings. The van der Waals surface area contributed by atoms with E-state index < -0.39 is 5.60 Å². The molecule has 0 aliphatic carbocycles. The zero-order valence-corrected chi connectivity index (χ0v) is 21.0. The molecule has 9 nitrogen and oxygen atoms in total. The number of carbonyl (C=O) groups is 1. The molecule has 1 aliphatic rings. The molecule has 9 heteroatoms.